The van der Waals surface area contributed by atoms with Gasteiger partial charge in [-0.3, -0.25) is 14.9 Å². The number of hydrogen-bond acceptors (Lipinski definition) is 4. The van der Waals surface area contributed by atoms with Crippen molar-refractivity contribution in [1.29, 1.82) is 0 Å². The summed E-state index contributed by atoms with van der Waals surface area (Å²) in [7, 11) is 0. The second-order valence-electron chi connectivity index (χ2n) is 7.74. The zero-order chi connectivity index (χ0) is 21.1. The van der Waals surface area contributed by atoms with Crippen molar-refractivity contribution in [2.45, 2.75) is 45.1 Å². The molecule has 0 spiro atoms. The van der Waals surface area contributed by atoms with E-state index < -0.39 is 11.9 Å². The number of rotatable bonds is 6. The van der Waals surface area contributed by atoms with Crippen LogP contribution in [0.4, 0.5) is 5.95 Å². The second kappa shape index (κ2) is 8.83. The van der Waals surface area contributed by atoms with Crippen LogP contribution in [0.1, 0.15) is 48.2 Å². The molecule has 7 nitrogen and oxygen atoms in total. The van der Waals surface area contributed by atoms with Crippen LogP contribution in [0, 0.1) is 5.92 Å². The molecule has 0 bridgehead atoms. The number of carbonyl (C=O) groups is 2. The number of carboxylic acids is 1. The second-order valence-corrected chi connectivity index (χ2v) is 8.10. The molecular formula is C22H23ClN4O3. The van der Waals surface area contributed by atoms with Crippen LogP contribution >= 0.6 is 11.6 Å². The first kappa shape index (κ1) is 20.3. The number of benzene rings is 1. The molecular weight excluding hydrogens is 404 g/mol. The molecule has 0 radical (unpaired) electrons. The van der Waals surface area contributed by atoms with Crippen molar-refractivity contribution in [2.24, 2.45) is 5.92 Å². The number of halogens is 1. The number of carboxylic acid groups (broad SMARTS) is 1. The van der Waals surface area contributed by atoms with Crippen LogP contribution in [0.3, 0.4) is 0 Å². The van der Waals surface area contributed by atoms with E-state index in [-0.39, 0.29) is 18.2 Å². The van der Waals surface area contributed by atoms with Gasteiger partial charge in [-0.1, -0.05) is 61.9 Å². The highest BCUT2D eigenvalue weighted by molar-refractivity contribution is 6.30. The average molecular weight is 427 g/mol. The van der Waals surface area contributed by atoms with Gasteiger partial charge in [0.2, 0.25) is 5.95 Å². The molecule has 2 heterocycles. The van der Waals surface area contributed by atoms with Crippen molar-refractivity contribution in [3.63, 3.8) is 0 Å². The first-order valence-electron chi connectivity index (χ1n) is 10.1. The minimum absolute atomic E-state index is 0.101. The highest BCUT2D eigenvalue weighted by atomic mass is 35.5. The largest absolute Gasteiger partial charge is 0.480 e. The highest BCUT2D eigenvalue weighted by Crippen LogP contribution is 2.29. The maximum absolute atomic E-state index is 12.9. The van der Waals surface area contributed by atoms with Crippen LogP contribution in [-0.2, 0) is 17.8 Å². The van der Waals surface area contributed by atoms with Crippen molar-refractivity contribution < 1.29 is 14.7 Å². The molecule has 2 aromatic heterocycles. The number of para-hydroxylation sites is 1. The molecule has 1 fully saturated rings. The maximum atomic E-state index is 12.9. The normalized spacial score (nSPS) is 14.7. The predicted molar refractivity (Wildman–Crippen MR) is 115 cm³/mol. The van der Waals surface area contributed by atoms with Gasteiger partial charge in [-0.25, -0.2) is 9.97 Å². The average Bonchev–Trinajstić information content (AvgIpc) is 3.09. The summed E-state index contributed by atoms with van der Waals surface area (Å²) in [6, 6.07) is 8.91. The van der Waals surface area contributed by atoms with E-state index in [2.05, 4.69) is 15.3 Å². The number of hydrogen-bond donors (Lipinski definition) is 2. The van der Waals surface area contributed by atoms with E-state index in [1.807, 2.05) is 12.1 Å². The first-order chi connectivity index (χ1) is 14.5. The minimum Gasteiger partial charge on any atom is -0.480 e. The lowest BCUT2D eigenvalue weighted by molar-refractivity contribution is -0.137. The Balaban J connectivity index is 1.54. The Morgan fingerprint density at radius 1 is 1.20 bits per heavy atom. The van der Waals surface area contributed by atoms with Crippen LogP contribution in [-0.4, -0.2) is 31.5 Å². The number of aliphatic carboxylic acids is 1. The summed E-state index contributed by atoms with van der Waals surface area (Å²) >= 11 is 6.36. The van der Waals surface area contributed by atoms with Gasteiger partial charge in [0.1, 0.15) is 17.4 Å². The monoisotopic (exact) mass is 426 g/mol. The van der Waals surface area contributed by atoms with Gasteiger partial charge in [0.05, 0.1) is 0 Å². The molecule has 1 saturated carbocycles. The molecule has 0 saturated heterocycles. The van der Waals surface area contributed by atoms with Gasteiger partial charge >= 0.3 is 5.97 Å². The quantitative estimate of drug-likeness (QED) is 0.564. The fourth-order valence-corrected chi connectivity index (χ4v) is 4.36. The van der Waals surface area contributed by atoms with Gasteiger partial charge in [-0.2, -0.15) is 0 Å². The van der Waals surface area contributed by atoms with E-state index in [4.69, 9.17) is 11.6 Å². The van der Waals surface area contributed by atoms with Crippen molar-refractivity contribution in [1.82, 2.24) is 14.5 Å². The van der Waals surface area contributed by atoms with Gasteiger partial charge in [0, 0.05) is 22.7 Å². The zero-order valence-corrected chi connectivity index (χ0v) is 17.2. The molecule has 30 heavy (non-hydrogen) atoms. The summed E-state index contributed by atoms with van der Waals surface area (Å²) in [5.74, 6) is -0.808. The number of nitrogens with zero attached hydrogens (tertiary/aromatic N) is 3. The van der Waals surface area contributed by atoms with Crippen LogP contribution in [0.2, 0.25) is 5.15 Å². The van der Waals surface area contributed by atoms with Gasteiger partial charge in [-0.05, 0) is 24.5 Å². The molecule has 0 aliphatic heterocycles. The van der Waals surface area contributed by atoms with E-state index in [9.17, 15) is 14.7 Å². The number of carbonyl (C=O) groups excluding carboxylic acids is 1. The van der Waals surface area contributed by atoms with Crippen LogP contribution in [0.15, 0.2) is 36.5 Å². The highest BCUT2D eigenvalue weighted by Gasteiger charge is 2.20. The molecule has 0 unspecified atom stereocenters. The Morgan fingerprint density at radius 3 is 2.70 bits per heavy atom. The van der Waals surface area contributed by atoms with Gasteiger partial charge < -0.3 is 9.67 Å². The van der Waals surface area contributed by atoms with E-state index in [1.54, 1.807) is 24.4 Å². The maximum Gasteiger partial charge on any atom is 0.323 e. The summed E-state index contributed by atoms with van der Waals surface area (Å²) in [6.07, 6.45) is 8.71. The summed E-state index contributed by atoms with van der Waals surface area (Å²) < 4.78 is 1.46. The number of aromatic nitrogens is 3. The molecule has 156 valence electrons. The number of anilines is 1. The Hall–Kier alpha value is -2.93. The van der Waals surface area contributed by atoms with Crippen LogP contribution in [0.5, 0.6) is 0 Å². The number of fused-ring (bicyclic) bond motifs is 1. The lowest BCUT2D eigenvalue weighted by Crippen LogP contribution is -2.21. The number of amides is 1. The molecule has 1 amide bonds. The third kappa shape index (κ3) is 4.46. The molecule has 2 N–H and O–H groups in total. The Morgan fingerprint density at radius 2 is 1.97 bits per heavy atom. The summed E-state index contributed by atoms with van der Waals surface area (Å²) in [6.45, 7) is -0.321. The molecule has 1 aliphatic carbocycles. The van der Waals surface area contributed by atoms with Crippen LogP contribution < -0.4 is 5.32 Å². The molecule has 1 aromatic carbocycles. The van der Waals surface area contributed by atoms with E-state index in [1.165, 1.54) is 36.7 Å². The molecule has 4 rings (SSSR count). The molecule has 8 heteroatoms. The standard InChI is InChI=1S/C22H23ClN4O3/c23-20-16(10-14-6-2-1-3-7-14)12-24-22(25-20)26-21(30)18-11-15-8-4-5-9-17(15)27(18)13-19(28)29/h4-5,8-9,11-12,14H,1-3,6-7,10,13H2,(H,28,29)(H,24,25,26,30). The lowest BCUT2D eigenvalue weighted by atomic mass is 9.85. The van der Waals surface area contributed by atoms with Crippen molar-refractivity contribution in [2.75, 3.05) is 5.32 Å². The first-order valence-corrected chi connectivity index (χ1v) is 10.5. The minimum atomic E-state index is -1.03. The fourth-order valence-electron chi connectivity index (χ4n) is 4.16. The Labute approximate surface area is 179 Å². The van der Waals surface area contributed by atoms with E-state index in [0.717, 1.165) is 17.4 Å². The fraction of sp³-hybridized carbons (Fsp3) is 0.364. The van der Waals surface area contributed by atoms with Crippen molar-refractivity contribution in [3.8, 4) is 0 Å². The van der Waals surface area contributed by atoms with Gasteiger partial charge in [0.25, 0.3) is 5.91 Å². The molecule has 1 aliphatic rings. The van der Waals surface area contributed by atoms with Gasteiger partial charge in [-0.15, -0.1) is 0 Å². The predicted octanol–water partition coefficient (Wildman–Crippen LogP) is 4.54. The Kier molecular flexibility index (Phi) is 5.99. The molecule has 3 aromatic rings. The third-order valence-electron chi connectivity index (χ3n) is 5.61. The lowest BCUT2D eigenvalue weighted by Gasteiger charge is -2.21. The summed E-state index contributed by atoms with van der Waals surface area (Å²) in [5, 5.41) is 13.0. The summed E-state index contributed by atoms with van der Waals surface area (Å²) in [5.41, 5.74) is 1.79. The number of nitrogens with one attached hydrogen (secondary N) is 1. The van der Waals surface area contributed by atoms with Crippen molar-refractivity contribution in [3.05, 3.63) is 52.9 Å². The van der Waals surface area contributed by atoms with Gasteiger partial charge in [0.15, 0.2) is 0 Å². The SMILES string of the molecule is O=C(O)Cn1c(C(=O)Nc2ncc(CC3CCCCC3)c(Cl)n2)cc2ccccc21. The Bertz CT molecular complexity index is 1090. The topological polar surface area (TPSA) is 97.1 Å². The van der Waals surface area contributed by atoms with Crippen molar-refractivity contribution >= 4 is 40.3 Å². The van der Waals surface area contributed by atoms with E-state index >= 15 is 0 Å². The summed E-state index contributed by atoms with van der Waals surface area (Å²) in [4.78, 5) is 32.7. The van der Waals surface area contributed by atoms with E-state index in [0.29, 0.717) is 16.6 Å². The third-order valence-corrected chi connectivity index (χ3v) is 5.93. The molecule has 0 atom stereocenters. The smallest absolute Gasteiger partial charge is 0.323 e. The zero-order valence-electron chi connectivity index (χ0n) is 16.5. The van der Waals surface area contributed by atoms with Crippen LogP contribution in [0.25, 0.3) is 10.9 Å².